The second-order valence-electron chi connectivity index (χ2n) is 5.19. The van der Waals surface area contributed by atoms with Gasteiger partial charge in [-0.15, -0.1) is 0 Å². The van der Waals surface area contributed by atoms with Gasteiger partial charge in [0.05, 0.1) is 5.69 Å². The fourth-order valence-electron chi connectivity index (χ4n) is 2.76. The van der Waals surface area contributed by atoms with Crippen molar-refractivity contribution in [3.63, 3.8) is 0 Å². The van der Waals surface area contributed by atoms with Gasteiger partial charge in [-0.05, 0) is 12.8 Å². The first-order valence-corrected chi connectivity index (χ1v) is 6.76. The third kappa shape index (κ3) is 1.93. The van der Waals surface area contributed by atoms with Gasteiger partial charge in [0.25, 0.3) is 5.91 Å². The van der Waals surface area contributed by atoms with Gasteiger partial charge in [-0.1, -0.05) is 4.91 Å². The molecule has 1 aliphatic heterocycles. The molecule has 116 valence electrons. The van der Waals surface area contributed by atoms with E-state index in [0.717, 1.165) is 18.9 Å². The van der Waals surface area contributed by atoms with E-state index in [1.54, 1.807) is 0 Å². The summed E-state index contributed by atoms with van der Waals surface area (Å²) in [6, 6.07) is 2.31. The highest BCUT2D eigenvalue weighted by Crippen LogP contribution is 2.27. The van der Waals surface area contributed by atoms with Crippen LogP contribution in [-0.4, -0.2) is 28.9 Å². The molecule has 0 saturated carbocycles. The Morgan fingerprint density at radius 1 is 1.32 bits per heavy atom. The first-order chi connectivity index (χ1) is 10.4. The van der Waals surface area contributed by atoms with Gasteiger partial charge in [0.1, 0.15) is 11.3 Å². The molecule has 0 radical (unpaired) electrons. The van der Waals surface area contributed by atoms with E-state index in [0.29, 0.717) is 17.8 Å². The van der Waals surface area contributed by atoms with E-state index in [-0.39, 0.29) is 21.1 Å². The van der Waals surface area contributed by atoms with E-state index in [2.05, 4.69) is 0 Å². The van der Waals surface area contributed by atoms with Crippen LogP contribution in [0.1, 0.15) is 23.3 Å². The topological polar surface area (TPSA) is 120 Å². The van der Waals surface area contributed by atoms with Crippen molar-refractivity contribution < 1.29 is 18.8 Å². The summed E-state index contributed by atoms with van der Waals surface area (Å²) in [4.78, 5) is 25.3. The monoisotopic (exact) mass is 308 g/mol. The molecule has 1 amide bonds. The molecule has 9 heteroatoms. The van der Waals surface area contributed by atoms with Crippen LogP contribution in [0, 0.1) is 10.7 Å². The number of fused-ring (bicyclic) bond motifs is 1. The zero-order chi connectivity index (χ0) is 16.0. The zero-order valence-electron chi connectivity index (χ0n) is 11.6. The fourth-order valence-corrected chi connectivity index (χ4v) is 2.76. The average molecular weight is 308 g/mol. The predicted molar refractivity (Wildman–Crippen MR) is 76.8 cm³/mol. The highest BCUT2D eigenvalue weighted by atomic mass is 19.1. The van der Waals surface area contributed by atoms with Crippen molar-refractivity contribution in [1.82, 2.24) is 4.73 Å². The largest absolute Gasteiger partial charge is 0.427 e. The molecule has 8 nitrogen and oxygen atoms in total. The maximum absolute atomic E-state index is 14.3. The number of hydrogen-bond acceptors (Lipinski definition) is 5. The highest BCUT2D eigenvalue weighted by molar-refractivity contribution is 5.96. The first-order valence-electron chi connectivity index (χ1n) is 6.76. The van der Waals surface area contributed by atoms with Crippen LogP contribution in [0.5, 0.6) is 0 Å². The maximum atomic E-state index is 14.3. The highest BCUT2D eigenvalue weighted by Gasteiger charge is 2.27. The Balaban J connectivity index is 2.34. The van der Waals surface area contributed by atoms with Crippen LogP contribution < -0.4 is 20.8 Å². The third-order valence-corrected chi connectivity index (χ3v) is 3.84. The quantitative estimate of drug-likeness (QED) is 0.541. The van der Waals surface area contributed by atoms with Crippen LogP contribution in [0.3, 0.4) is 0 Å². The lowest BCUT2D eigenvalue weighted by molar-refractivity contribution is -0.448. The maximum Gasteiger partial charge on any atom is 0.351 e. The first kappa shape index (κ1) is 14.1. The number of rotatable bonds is 2. The standard InChI is InChI=1S/C13H14FN5O3/c14-7-5-9-10(6-8(7)17-3-1-2-4-17)19(22)12(15)11(13(16)20)18(9)21/h5-6,21H,1-4H2,(H3-,15,16,20)/p+1. The molecule has 2 aromatic rings. The number of benzene rings is 1. The predicted octanol–water partition coefficient (Wildman–Crippen LogP) is 0.213. The molecule has 1 saturated heterocycles. The molecule has 2 heterocycles. The number of hydrogen-bond donors (Lipinski definition) is 3. The van der Waals surface area contributed by atoms with Crippen molar-refractivity contribution >= 4 is 28.4 Å². The molecule has 1 aliphatic rings. The van der Waals surface area contributed by atoms with Crippen molar-refractivity contribution in [2.45, 2.75) is 12.8 Å². The Morgan fingerprint density at radius 2 is 1.95 bits per heavy atom. The number of nitrogens with two attached hydrogens (primary N) is 2. The Hall–Kier alpha value is -2.84. The van der Waals surface area contributed by atoms with Crippen molar-refractivity contribution in [3.05, 3.63) is 28.6 Å². The zero-order valence-corrected chi connectivity index (χ0v) is 11.6. The Labute approximate surface area is 123 Å². The molecule has 5 N–H and O–H groups in total. The number of carbonyl (C=O) groups excluding carboxylic acids is 1. The van der Waals surface area contributed by atoms with Crippen molar-refractivity contribution in [2.75, 3.05) is 23.7 Å². The molecule has 0 bridgehead atoms. The van der Waals surface area contributed by atoms with Crippen LogP contribution >= 0.6 is 0 Å². The lowest BCUT2D eigenvalue weighted by Crippen LogP contribution is -2.32. The summed E-state index contributed by atoms with van der Waals surface area (Å²) in [5.41, 5.74) is 10.1. The molecular weight excluding hydrogens is 293 g/mol. The second-order valence-corrected chi connectivity index (χ2v) is 5.19. The fraction of sp³-hybridized carbons (Fsp3) is 0.308. The van der Waals surface area contributed by atoms with Crippen molar-refractivity contribution in [2.24, 2.45) is 5.73 Å². The lowest BCUT2D eigenvalue weighted by Gasteiger charge is -2.18. The molecule has 0 aliphatic carbocycles. The van der Waals surface area contributed by atoms with Gasteiger partial charge in [0, 0.05) is 29.6 Å². The summed E-state index contributed by atoms with van der Waals surface area (Å²) < 4.78 is 14.9. The number of nitrogen functional groups attached to an aromatic ring is 1. The minimum atomic E-state index is -1.09. The van der Waals surface area contributed by atoms with Gasteiger partial charge >= 0.3 is 5.82 Å². The summed E-state index contributed by atoms with van der Waals surface area (Å²) in [5, 5.41) is 10.0. The summed E-state index contributed by atoms with van der Waals surface area (Å²) in [5.74, 6) is -2.23. The van der Waals surface area contributed by atoms with Gasteiger partial charge < -0.3 is 15.8 Å². The summed E-state index contributed by atoms with van der Waals surface area (Å²) >= 11 is 0. The Bertz CT molecular complexity index is 842. The normalized spacial score (nSPS) is 14.7. The van der Waals surface area contributed by atoms with Gasteiger partial charge in [0.2, 0.25) is 11.2 Å². The number of primary amides is 1. The molecule has 0 atom stereocenters. The number of aromatic nitrogens is 2. The van der Waals surface area contributed by atoms with Gasteiger partial charge in [-0.2, -0.15) is 4.73 Å². The van der Waals surface area contributed by atoms with Crippen molar-refractivity contribution in [3.8, 4) is 0 Å². The minimum absolute atomic E-state index is 0.0479. The molecule has 1 fully saturated rings. The smallest absolute Gasteiger partial charge is 0.351 e. The molecule has 1 aromatic heterocycles. The van der Waals surface area contributed by atoms with E-state index in [1.165, 1.54) is 6.07 Å². The molecule has 1 aromatic carbocycles. The van der Waals surface area contributed by atoms with E-state index >= 15 is 0 Å². The van der Waals surface area contributed by atoms with E-state index in [1.807, 2.05) is 4.90 Å². The van der Waals surface area contributed by atoms with Crippen LogP contribution in [0.4, 0.5) is 15.9 Å². The number of halogens is 1. The molecule has 3 rings (SSSR count). The molecule has 0 unspecified atom stereocenters. The molecule has 22 heavy (non-hydrogen) atoms. The Morgan fingerprint density at radius 3 is 2.55 bits per heavy atom. The van der Waals surface area contributed by atoms with Crippen molar-refractivity contribution in [1.29, 1.82) is 0 Å². The van der Waals surface area contributed by atoms with Crippen LogP contribution in [0.15, 0.2) is 12.1 Å². The second kappa shape index (κ2) is 4.86. The van der Waals surface area contributed by atoms with Crippen LogP contribution in [0.25, 0.3) is 11.0 Å². The Kier molecular flexibility index (Phi) is 3.12. The summed E-state index contributed by atoms with van der Waals surface area (Å²) in [6.45, 7) is 1.38. The average Bonchev–Trinajstić information content (AvgIpc) is 2.98. The van der Waals surface area contributed by atoms with Gasteiger partial charge in [0.15, 0.2) is 0 Å². The molecule has 0 spiro atoms. The van der Waals surface area contributed by atoms with Crippen LogP contribution in [-0.2, 0) is 0 Å². The SMILES string of the molecule is NC(=O)c1c(N)[n+](=O)c2cc(N3CCCC3)c(F)cc2n1O. The molecular formula is C13H15FN5O3+. The third-order valence-electron chi connectivity index (χ3n) is 3.84. The summed E-state index contributed by atoms with van der Waals surface area (Å²) in [6.07, 6.45) is 1.88. The minimum Gasteiger partial charge on any atom is -0.427 e. The van der Waals surface area contributed by atoms with E-state index in [9.17, 15) is 19.3 Å². The number of anilines is 2. The summed E-state index contributed by atoms with van der Waals surface area (Å²) in [7, 11) is 0. The van der Waals surface area contributed by atoms with Gasteiger partial charge in [-0.3, -0.25) is 10.5 Å². The number of nitrogens with zero attached hydrogens (tertiary/aromatic N) is 3. The lowest BCUT2D eigenvalue weighted by atomic mass is 10.2. The number of amides is 1. The number of carbonyl (C=O) groups is 1. The van der Waals surface area contributed by atoms with E-state index < -0.39 is 23.2 Å². The van der Waals surface area contributed by atoms with Crippen LogP contribution in [0.2, 0.25) is 0 Å². The van der Waals surface area contributed by atoms with Gasteiger partial charge in [-0.25, -0.2) is 4.39 Å². The van der Waals surface area contributed by atoms with E-state index in [4.69, 9.17) is 11.5 Å².